The molecule has 3 heteroatoms. The lowest BCUT2D eigenvalue weighted by atomic mass is 10.3. The van der Waals surface area contributed by atoms with Gasteiger partial charge < -0.3 is 10.0 Å². The second-order valence-corrected chi connectivity index (χ2v) is 2.76. The Morgan fingerprint density at radius 2 is 2.40 bits per heavy atom. The van der Waals surface area contributed by atoms with E-state index in [1.807, 2.05) is 0 Å². The van der Waals surface area contributed by atoms with Crippen molar-refractivity contribution in [1.29, 1.82) is 0 Å². The third-order valence-corrected chi connectivity index (χ3v) is 1.85. The average Bonchev–Trinajstić information content (AvgIpc) is 2.31. The fraction of sp³-hybridized carbons (Fsp3) is 1.00. The molecule has 1 heterocycles. The van der Waals surface area contributed by atoms with Crippen molar-refractivity contribution in [3.8, 4) is 0 Å². The molecule has 60 valence electrons. The summed E-state index contributed by atoms with van der Waals surface area (Å²) in [5, 5.41) is 8.47. The van der Waals surface area contributed by atoms with Gasteiger partial charge in [0.2, 0.25) is 0 Å². The molecule has 1 fully saturated rings. The van der Waals surface area contributed by atoms with E-state index in [-0.39, 0.29) is 6.61 Å². The molecule has 2 nitrogen and oxygen atoms in total. The number of aliphatic hydroxyl groups excluding tert-OH is 1. The quantitative estimate of drug-likeness (QED) is 0.625. The van der Waals surface area contributed by atoms with E-state index < -0.39 is 6.17 Å². The summed E-state index contributed by atoms with van der Waals surface area (Å²) in [6.45, 7) is 2.49. The number of aliphatic hydroxyl groups is 1. The van der Waals surface area contributed by atoms with Crippen molar-refractivity contribution in [3.63, 3.8) is 0 Å². The Morgan fingerprint density at radius 3 is 2.90 bits per heavy atom. The molecule has 0 aromatic rings. The van der Waals surface area contributed by atoms with Gasteiger partial charge in [-0.1, -0.05) is 0 Å². The van der Waals surface area contributed by atoms with Gasteiger partial charge in [-0.3, -0.25) is 0 Å². The van der Waals surface area contributed by atoms with Gasteiger partial charge in [0.1, 0.15) is 6.17 Å². The van der Waals surface area contributed by atoms with Crippen LogP contribution >= 0.6 is 0 Å². The van der Waals surface area contributed by atoms with Crippen molar-refractivity contribution < 1.29 is 9.50 Å². The molecular weight excluding hydrogens is 133 g/mol. The van der Waals surface area contributed by atoms with Crippen LogP contribution < -0.4 is 0 Å². The summed E-state index contributed by atoms with van der Waals surface area (Å²) in [6, 6.07) is 0. The highest BCUT2D eigenvalue weighted by Gasteiger charge is 2.20. The lowest BCUT2D eigenvalue weighted by Gasteiger charge is -2.12. The summed E-state index contributed by atoms with van der Waals surface area (Å²) in [7, 11) is 0. The number of hydrogen-bond donors (Lipinski definition) is 1. The number of likely N-dealkylation sites (tertiary alicyclic amines) is 1. The highest BCUT2D eigenvalue weighted by molar-refractivity contribution is 4.74. The minimum Gasteiger partial charge on any atom is -0.396 e. The van der Waals surface area contributed by atoms with Gasteiger partial charge in [0.15, 0.2) is 0 Å². The van der Waals surface area contributed by atoms with Crippen molar-refractivity contribution in [2.75, 3.05) is 26.2 Å². The Kier molecular flexibility index (Phi) is 3.09. The molecule has 1 rings (SSSR count). The maximum Gasteiger partial charge on any atom is 0.114 e. The molecule has 1 atom stereocenters. The normalized spacial score (nSPS) is 27.6. The lowest BCUT2D eigenvalue weighted by molar-refractivity contribution is 0.237. The number of hydrogen-bond acceptors (Lipinski definition) is 2. The van der Waals surface area contributed by atoms with Gasteiger partial charge in [-0.05, 0) is 12.8 Å². The fourth-order valence-corrected chi connectivity index (χ4v) is 1.28. The summed E-state index contributed by atoms with van der Waals surface area (Å²) in [4.78, 5) is 2.06. The third-order valence-electron chi connectivity index (χ3n) is 1.85. The predicted molar refractivity (Wildman–Crippen MR) is 37.7 cm³/mol. The zero-order chi connectivity index (χ0) is 7.40. The lowest BCUT2D eigenvalue weighted by Crippen LogP contribution is -2.22. The first-order valence-corrected chi connectivity index (χ1v) is 3.80. The van der Waals surface area contributed by atoms with E-state index in [1.54, 1.807) is 0 Å². The van der Waals surface area contributed by atoms with Gasteiger partial charge in [0, 0.05) is 26.2 Å². The summed E-state index contributed by atoms with van der Waals surface area (Å²) < 4.78 is 12.5. The highest BCUT2D eigenvalue weighted by atomic mass is 19.1. The van der Waals surface area contributed by atoms with Gasteiger partial charge in [0.05, 0.1) is 0 Å². The monoisotopic (exact) mass is 147 g/mol. The Morgan fingerprint density at radius 1 is 1.60 bits per heavy atom. The number of rotatable bonds is 3. The molecular formula is C7H14FNO. The van der Waals surface area contributed by atoms with Crippen LogP contribution in [0.25, 0.3) is 0 Å². The van der Waals surface area contributed by atoms with Crippen molar-refractivity contribution >= 4 is 0 Å². The van der Waals surface area contributed by atoms with E-state index in [4.69, 9.17) is 5.11 Å². The average molecular weight is 147 g/mol. The third kappa shape index (κ3) is 2.23. The molecule has 1 aliphatic rings. The van der Waals surface area contributed by atoms with Crippen LogP contribution in [0.1, 0.15) is 12.8 Å². The van der Waals surface area contributed by atoms with Gasteiger partial charge in [0.25, 0.3) is 0 Å². The van der Waals surface area contributed by atoms with E-state index in [1.165, 1.54) is 0 Å². The second-order valence-electron chi connectivity index (χ2n) is 2.76. The molecule has 0 saturated carbocycles. The van der Waals surface area contributed by atoms with E-state index in [9.17, 15) is 4.39 Å². The molecule has 0 aromatic carbocycles. The Hall–Kier alpha value is -0.150. The molecule has 1 saturated heterocycles. The first kappa shape index (κ1) is 7.95. The topological polar surface area (TPSA) is 23.5 Å². The largest absolute Gasteiger partial charge is 0.396 e. The molecule has 1 unspecified atom stereocenters. The fourth-order valence-electron chi connectivity index (χ4n) is 1.28. The van der Waals surface area contributed by atoms with Gasteiger partial charge >= 0.3 is 0 Å². The smallest absolute Gasteiger partial charge is 0.114 e. The van der Waals surface area contributed by atoms with Crippen LogP contribution in [0.2, 0.25) is 0 Å². The zero-order valence-electron chi connectivity index (χ0n) is 6.09. The Balaban J connectivity index is 2.06. The van der Waals surface area contributed by atoms with Crippen LogP contribution in [0.4, 0.5) is 4.39 Å². The van der Waals surface area contributed by atoms with E-state index in [0.717, 1.165) is 19.5 Å². The van der Waals surface area contributed by atoms with Crippen LogP contribution in [-0.4, -0.2) is 42.4 Å². The minimum atomic E-state index is -0.626. The zero-order valence-corrected chi connectivity index (χ0v) is 6.09. The van der Waals surface area contributed by atoms with Gasteiger partial charge in [-0.15, -0.1) is 0 Å². The first-order valence-electron chi connectivity index (χ1n) is 3.80. The van der Waals surface area contributed by atoms with E-state index >= 15 is 0 Å². The molecule has 1 N–H and O–H groups in total. The molecule has 0 aliphatic carbocycles. The van der Waals surface area contributed by atoms with Crippen LogP contribution in [0.3, 0.4) is 0 Å². The van der Waals surface area contributed by atoms with Crippen LogP contribution in [0, 0.1) is 0 Å². The second kappa shape index (κ2) is 3.88. The van der Waals surface area contributed by atoms with Crippen LogP contribution in [-0.2, 0) is 0 Å². The first-order chi connectivity index (χ1) is 4.83. The van der Waals surface area contributed by atoms with Crippen molar-refractivity contribution in [3.05, 3.63) is 0 Å². The predicted octanol–water partition coefficient (Wildman–Crippen LogP) is 0.413. The molecule has 1 aliphatic heterocycles. The Labute approximate surface area is 60.6 Å². The van der Waals surface area contributed by atoms with Crippen molar-refractivity contribution in [1.82, 2.24) is 4.90 Å². The summed E-state index contributed by atoms with van der Waals surface area (Å²) >= 11 is 0. The van der Waals surface area contributed by atoms with Gasteiger partial charge in [-0.2, -0.15) is 0 Å². The highest BCUT2D eigenvalue weighted by Crippen LogP contribution is 2.11. The summed E-state index contributed by atoms with van der Waals surface area (Å²) in [6.07, 6.45) is 0.816. The maximum absolute atomic E-state index is 12.5. The SMILES string of the molecule is OCCCN1CCC(F)C1. The van der Waals surface area contributed by atoms with E-state index in [0.29, 0.717) is 13.0 Å². The summed E-state index contributed by atoms with van der Waals surface area (Å²) in [5.74, 6) is 0. The molecule has 0 amide bonds. The number of alkyl halides is 1. The Bertz CT molecular complexity index is 99.6. The molecule has 0 bridgehead atoms. The molecule has 0 spiro atoms. The molecule has 0 aromatic heterocycles. The standard InChI is InChI=1S/C7H14FNO/c8-7-2-4-9(6-7)3-1-5-10/h7,10H,1-6H2. The van der Waals surface area contributed by atoms with Crippen molar-refractivity contribution in [2.24, 2.45) is 0 Å². The summed E-state index contributed by atoms with van der Waals surface area (Å²) in [5.41, 5.74) is 0. The number of nitrogens with zero attached hydrogens (tertiary/aromatic N) is 1. The number of halogens is 1. The minimum absolute atomic E-state index is 0.216. The van der Waals surface area contributed by atoms with Gasteiger partial charge in [-0.25, -0.2) is 4.39 Å². The van der Waals surface area contributed by atoms with Crippen LogP contribution in [0.5, 0.6) is 0 Å². The van der Waals surface area contributed by atoms with Crippen molar-refractivity contribution in [2.45, 2.75) is 19.0 Å². The van der Waals surface area contributed by atoms with E-state index in [2.05, 4.69) is 4.90 Å². The maximum atomic E-state index is 12.5. The molecule has 10 heavy (non-hydrogen) atoms. The van der Waals surface area contributed by atoms with Crippen LogP contribution in [0.15, 0.2) is 0 Å². The molecule has 0 radical (unpaired) electrons.